The highest BCUT2D eigenvalue weighted by Gasteiger charge is 2.09. The van der Waals surface area contributed by atoms with Crippen molar-refractivity contribution in [2.45, 2.75) is 19.3 Å². The highest BCUT2D eigenvalue weighted by atomic mass is 79.9. The van der Waals surface area contributed by atoms with E-state index in [1.807, 2.05) is 6.07 Å². The molecule has 0 bridgehead atoms. The molecule has 0 radical (unpaired) electrons. The normalized spacial score (nSPS) is 10.2. The number of methoxy groups -OCH3 is 1. The summed E-state index contributed by atoms with van der Waals surface area (Å²) in [4.78, 5) is 11.7. The van der Waals surface area contributed by atoms with E-state index in [1.165, 1.54) is 0 Å². The SMILES string of the molecule is COc1cc(NC(=O)CCCCN)c(Br)cc1Br. The third kappa shape index (κ3) is 4.59. The second-order valence-electron chi connectivity index (χ2n) is 3.76. The Kier molecular flexibility index (Phi) is 6.67. The van der Waals surface area contributed by atoms with Crippen LogP contribution in [0.3, 0.4) is 0 Å². The number of carbonyl (C=O) groups excluding carboxylic acids is 1. The molecule has 18 heavy (non-hydrogen) atoms. The van der Waals surface area contributed by atoms with Crippen LogP contribution >= 0.6 is 31.9 Å². The van der Waals surface area contributed by atoms with Gasteiger partial charge in [0.1, 0.15) is 5.75 Å². The first-order valence-electron chi connectivity index (χ1n) is 5.61. The summed E-state index contributed by atoms with van der Waals surface area (Å²) in [6.07, 6.45) is 2.13. The van der Waals surface area contributed by atoms with Crippen molar-refractivity contribution in [2.24, 2.45) is 5.73 Å². The minimum atomic E-state index is -0.0199. The number of amides is 1. The Morgan fingerprint density at radius 3 is 2.67 bits per heavy atom. The van der Waals surface area contributed by atoms with Crippen molar-refractivity contribution in [1.29, 1.82) is 0 Å². The zero-order valence-corrected chi connectivity index (χ0v) is 13.3. The molecule has 6 heteroatoms. The molecule has 0 aromatic heterocycles. The Hall–Kier alpha value is -0.590. The summed E-state index contributed by atoms with van der Waals surface area (Å²) in [6, 6.07) is 3.61. The molecule has 0 saturated carbocycles. The number of benzene rings is 1. The van der Waals surface area contributed by atoms with Crippen LogP contribution in [0, 0.1) is 0 Å². The van der Waals surface area contributed by atoms with Crippen molar-refractivity contribution in [2.75, 3.05) is 19.0 Å². The molecule has 0 spiro atoms. The molecule has 1 amide bonds. The van der Waals surface area contributed by atoms with E-state index in [-0.39, 0.29) is 5.91 Å². The Bertz CT molecular complexity index is 425. The van der Waals surface area contributed by atoms with Gasteiger partial charge < -0.3 is 15.8 Å². The maximum absolute atomic E-state index is 11.7. The van der Waals surface area contributed by atoms with Crippen LogP contribution in [0.25, 0.3) is 0 Å². The van der Waals surface area contributed by atoms with Crippen LogP contribution in [0.15, 0.2) is 21.1 Å². The van der Waals surface area contributed by atoms with Gasteiger partial charge >= 0.3 is 0 Å². The van der Waals surface area contributed by atoms with E-state index in [4.69, 9.17) is 10.5 Å². The predicted octanol–water partition coefficient (Wildman–Crippen LogP) is 3.29. The quantitative estimate of drug-likeness (QED) is 0.745. The van der Waals surface area contributed by atoms with Gasteiger partial charge in [-0.15, -0.1) is 0 Å². The number of anilines is 1. The van der Waals surface area contributed by atoms with Gasteiger partial charge in [0.25, 0.3) is 0 Å². The predicted molar refractivity (Wildman–Crippen MR) is 79.9 cm³/mol. The first kappa shape index (κ1) is 15.5. The van der Waals surface area contributed by atoms with Gasteiger partial charge in [0, 0.05) is 17.0 Å². The number of rotatable bonds is 6. The van der Waals surface area contributed by atoms with Crippen molar-refractivity contribution in [3.8, 4) is 5.75 Å². The number of ether oxygens (including phenoxy) is 1. The van der Waals surface area contributed by atoms with Crippen molar-refractivity contribution in [1.82, 2.24) is 0 Å². The van der Waals surface area contributed by atoms with Gasteiger partial charge in [-0.25, -0.2) is 0 Å². The summed E-state index contributed by atoms with van der Waals surface area (Å²) in [5.74, 6) is 0.656. The fourth-order valence-electron chi connectivity index (χ4n) is 1.42. The van der Waals surface area contributed by atoms with Gasteiger partial charge in [0.2, 0.25) is 5.91 Å². The number of unbranched alkanes of at least 4 members (excludes halogenated alkanes) is 1. The molecule has 1 aromatic rings. The zero-order chi connectivity index (χ0) is 13.5. The van der Waals surface area contributed by atoms with Crippen LogP contribution in [0.5, 0.6) is 5.75 Å². The molecular formula is C12H16Br2N2O2. The maximum Gasteiger partial charge on any atom is 0.224 e. The van der Waals surface area contributed by atoms with Crippen molar-refractivity contribution in [3.63, 3.8) is 0 Å². The van der Waals surface area contributed by atoms with Gasteiger partial charge in [-0.2, -0.15) is 0 Å². The fourth-order valence-corrected chi connectivity index (χ4v) is 2.68. The lowest BCUT2D eigenvalue weighted by Crippen LogP contribution is -2.12. The number of nitrogens with two attached hydrogens (primary N) is 1. The summed E-state index contributed by atoms with van der Waals surface area (Å²) in [5.41, 5.74) is 6.09. The van der Waals surface area contributed by atoms with Gasteiger partial charge in [-0.1, -0.05) is 0 Å². The van der Waals surface area contributed by atoms with E-state index in [9.17, 15) is 4.79 Å². The molecule has 3 N–H and O–H groups in total. The molecular weight excluding hydrogens is 364 g/mol. The van der Waals surface area contributed by atoms with Gasteiger partial charge in [0.15, 0.2) is 0 Å². The third-order valence-electron chi connectivity index (χ3n) is 2.37. The summed E-state index contributed by atoms with van der Waals surface area (Å²) >= 11 is 6.78. The third-order valence-corrected chi connectivity index (χ3v) is 3.65. The van der Waals surface area contributed by atoms with E-state index < -0.39 is 0 Å². The monoisotopic (exact) mass is 378 g/mol. The first-order valence-corrected chi connectivity index (χ1v) is 7.20. The number of carbonyl (C=O) groups is 1. The molecule has 0 saturated heterocycles. The number of nitrogens with one attached hydrogen (secondary N) is 1. The molecule has 1 aromatic carbocycles. The Labute approximate surface area is 124 Å². The Morgan fingerprint density at radius 1 is 1.33 bits per heavy atom. The summed E-state index contributed by atoms with van der Waals surface area (Å²) < 4.78 is 6.82. The second kappa shape index (κ2) is 7.76. The van der Waals surface area contributed by atoms with Crippen LogP contribution in [-0.2, 0) is 4.79 Å². The van der Waals surface area contributed by atoms with Crippen molar-refractivity contribution < 1.29 is 9.53 Å². The average Bonchev–Trinajstić information content (AvgIpc) is 2.33. The van der Waals surface area contributed by atoms with Gasteiger partial charge in [-0.3, -0.25) is 4.79 Å². The fraction of sp³-hybridized carbons (Fsp3) is 0.417. The second-order valence-corrected chi connectivity index (χ2v) is 5.47. The lowest BCUT2D eigenvalue weighted by atomic mass is 10.2. The van der Waals surface area contributed by atoms with E-state index in [1.54, 1.807) is 13.2 Å². The minimum Gasteiger partial charge on any atom is -0.495 e. The van der Waals surface area contributed by atoms with E-state index in [2.05, 4.69) is 37.2 Å². The highest BCUT2D eigenvalue weighted by molar-refractivity contribution is 9.11. The number of halogens is 2. The highest BCUT2D eigenvalue weighted by Crippen LogP contribution is 2.34. The molecule has 0 aliphatic rings. The molecule has 0 heterocycles. The lowest BCUT2D eigenvalue weighted by Gasteiger charge is -2.11. The molecule has 0 atom stereocenters. The topological polar surface area (TPSA) is 64.3 Å². The summed E-state index contributed by atoms with van der Waals surface area (Å²) in [6.45, 7) is 0.614. The molecule has 0 aliphatic carbocycles. The number of hydrogen-bond acceptors (Lipinski definition) is 3. The minimum absolute atomic E-state index is 0.0199. The lowest BCUT2D eigenvalue weighted by molar-refractivity contribution is -0.116. The summed E-state index contributed by atoms with van der Waals surface area (Å²) in [7, 11) is 1.58. The molecule has 100 valence electrons. The summed E-state index contributed by atoms with van der Waals surface area (Å²) in [5, 5.41) is 2.84. The zero-order valence-electron chi connectivity index (χ0n) is 10.1. The van der Waals surface area contributed by atoms with Crippen LogP contribution in [0.2, 0.25) is 0 Å². The Balaban J connectivity index is 2.69. The first-order chi connectivity index (χ1) is 8.58. The molecule has 1 rings (SSSR count). The van der Waals surface area contributed by atoms with Crippen molar-refractivity contribution in [3.05, 3.63) is 21.1 Å². The van der Waals surface area contributed by atoms with E-state index in [0.29, 0.717) is 24.4 Å². The van der Waals surface area contributed by atoms with Crippen LogP contribution < -0.4 is 15.8 Å². The number of hydrogen-bond donors (Lipinski definition) is 2. The molecule has 0 aliphatic heterocycles. The maximum atomic E-state index is 11.7. The molecule has 0 unspecified atom stereocenters. The molecule has 0 fully saturated rings. The van der Waals surface area contributed by atoms with Crippen LogP contribution in [0.1, 0.15) is 19.3 Å². The Morgan fingerprint density at radius 2 is 2.06 bits per heavy atom. The smallest absolute Gasteiger partial charge is 0.224 e. The van der Waals surface area contributed by atoms with Crippen LogP contribution in [-0.4, -0.2) is 19.6 Å². The molecule has 4 nitrogen and oxygen atoms in total. The largest absolute Gasteiger partial charge is 0.495 e. The van der Waals surface area contributed by atoms with E-state index in [0.717, 1.165) is 21.8 Å². The van der Waals surface area contributed by atoms with Gasteiger partial charge in [-0.05, 0) is 57.3 Å². The van der Waals surface area contributed by atoms with Gasteiger partial charge in [0.05, 0.1) is 17.3 Å². The van der Waals surface area contributed by atoms with E-state index >= 15 is 0 Å². The van der Waals surface area contributed by atoms with Crippen molar-refractivity contribution >= 4 is 43.5 Å². The average molecular weight is 380 g/mol. The van der Waals surface area contributed by atoms with Crippen LogP contribution in [0.4, 0.5) is 5.69 Å². The standard InChI is InChI=1S/C12H16Br2N2O2/c1-18-11-7-10(8(13)6-9(11)14)16-12(17)4-2-3-5-15/h6-7H,2-5,15H2,1H3,(H,16,17).